The minimum absolute atomic E-state index is 0.0525. The van der Waals surface area contributed by atoms with E-state index >= 15 is 0 Å². The zero-order chi connectivity index (χ0) is 17.8. The number of nitrogens with one attached hydrogen (secondary N) is 1. The van der Waals surface area contributed by atoms with Gasteiger partial charge in [0.15, 0.2) is 0 Å². The smallest absolute Gasteiger partial charge is 0.278 e. The topological polar surface area (TPSA) is 86.5 Å². The molecule has 25 heavy (non-hydrogen) atoms. The lowest BCUT2D eigenvalue weighted by atomic mass is 9.92. The van der Waals surface area contributed by atoms with Gasteiger partial charge in [-0.15, -0.1) is 0 Å². The lowest BCUT2D eigenvalue weighted by Crippen LogP contribution is -2.39. The van der Waals surface area contributed by atoms with Crippen LogP contribution < -0.4 is 14.8 Å². The highest BCUT2D eigenvalue weighted by Crippen LogP contribution is 2.27. The summed E-state index contributed by atoms with van der Waals surface area (Å²) >= 11 is 0. The molecule has 1 N–H and O–H groups in total. The van der Waals surface area contributed by atoms with Crippen LogP contribution in [0.2, 0.25) is 0 Å². The molecule has 0 aromatic carbocycles. The van der Waals surface area contributed by atoms with Crippen molar-refractivity contribution < 1.29 is 18.7 Å². The van der Waals surface area contributed by atoms with Crippen molar-refractivity contribution in [2.45, 2.75) is 51.7 Å². The Balaban J connectivity index is 1.52. The van der Waals surface area contributed by atoms with Crippen molar-refractivity contribution in [3.63, 3.8) is 0 Å². The van der Waals surface area contributed by atoms with Gasteiger partial charge >= 0.3 is 0 Å². The van der Waals surface area contributed by atoms with Gasteiger partial charge in [0.05, 0.1) is 12.7 Å². The van der Waals surface area contributed by atoms with E-state index in [1.807, 2.05) is 6.92 Å². The van der Waals surface area contributed by atoms with Crippen LogP contribution in [0.25, 0.3) is 0 Å². The van der Waals surface area contributed by atoms with Crippen molar-refractivity contribution in [3.8, 4) is 11.8 Å². The molecule has 1 saturated carbocycles. The Morgan fingerprint density at radius 2 is 1.84 bits per heavy atom. The third kappa shape index (κ3) is 4.10. The van der Waals surface area contributed by atoms with Gasteiger partial charge in [0, 0.05) is 18.4 Å². The number of methoxy groups -OCH3 is 1. The third-order valence-corrected chi connectivity index (χ3v) is 4.40. The monoisotopic (exact) mass is 345 g/mol. The van der Waals surface area contributed by atoms with Gasteiger partial charge in [-0.25, -0.2) is 9.97 Å². The van der Waals surface area contributed by atoms with Gasteiger partial charge in [0.25, 0.3) is 17.7 Å². The van der Waals surface area contributed by atoms with E-state index in [-0.39, 0.29) is 18.1 Å². The summed E-state index contributed by atoms with van der Waals surface area (Å²) in [5, 5.41) is 3.09. The van der Waals surface area contributed by atoms with Gasteiger partial charge in [0.1, 0.15) is 17.6 Å². The second kappa shape index (κ2) is 7.55. The number of ether oxygens (including phenoxy) is 2. The van der Waals surface area contributed by atoms with Gasteiger partial charge in [-0.1, -0.05) is 0 Å². The number of hydrogen-bond acceptors (Lipinski definition) is 6. The molecule has 7 heteroatoms. The van der Waals surface area contributed by atoms with Crippen LogP contribution in [0.1, 0.15) is 47.6 Å². The van der Waals surface area contributed by atoms with Gasteiger partial charge in [0.2, 0.25) is 0 Å². The minimum atomic E-state index is -0.0747. The van der Waals surface area contributed by atoms with Crippen molar-refractivity contribution in [2.75, 3.05) is 7.11 Å². The molecule has 1 fully saturated rings. The maximum absolute atomic E-state index is 12.4. The van der Waals surface area contributed by atoms with Crippen LogP contribution in [-0.4, -0.2) is 35.1 Å². The molecule has 0 bridgehead atoms. The van der Waals surface area contributed by atoms with Crippen LogP contribution in [0.5, 0.6) is 11.8 Å². The summed E-state index contributed by atoms with van der Waals surface area (Å²) in [6, 6.07) is 1.92. The highest BCUT2D eigenvalue weighted by molar-refractivity contribution is 5.95. The van der Waals surface area contributed by atoms with Crippen LogP contribution in [0.4, 0.5) is 0 Å². The fourth-order valence-electron chi connectivity index (χ4n) is 3.14. The zero-order valence-corrected chi connectivity index (χ0v) is 14.7. The number of rotatable bonds is 5. The van der Waals surface area contributed by atoms with Crippen LogP contribution >= 0.6 is 0 Å². The maximum atomic E-state index is 12.4. The number of nitrogens with zero attached hydrogens (tertiary/aromatic N) is 2. The predicted molar refractivity (Wildman–Crippen MR) is 90.9 cm³/mol. The first kappa shape index (κ1) is 17.3. The summed E-state index contributed by atoms with van der Waals surface area (Å²) < 4.78 is 16.5. The van der Waals surface area contributed by atoms with Crippen molar-refractivity contribution in [1.82, 2.24) is 15.3 Å². The first-order chi connectivity index (χ1) is 12.1. The first-order valence-electron chi connectivity index (χ1n) is 8.46. The number of furan rings is 1. The molecule has 134 valence electrons. The average molecular weight is 345 g/mol. The zero-order valence-electron chi connectivity index (χ0n) is 14.7. The molecule has 2 aromatic rings. The average Bonchev–Trinajstić information content (AvgIpc) is 2.95. The molecule has 0 aliphatic heterocycles. The lowest BCUT2D eigenvalue weighted by Gasteiger charge is -2.29. The Labute approximate surface area is 146 Å². The largest absolute Gasteiger partial charge is 0.477 e. The Hall–Kier alpha value is -2.57. The van der Waals surface area contributed by atoms with Crippen molar-refractivity contribution >= 4 is 5.91 Å². The first-order valence-corrected chi connectivity index (χ1v) is 8.46. The normalized spacial score (nSPS) is 20.1. The van der Waals surface area contributed by atoms with Gasteiger partial charge in [-0.05, 0) is 45.6 Å². The van der Waals surface area contributed by atoms with E-state index in [0.717, 1.165) is 31.4 Å². The SMILES string of the molecule is COc1nccnc1OC1CCC(NC(=O)c2cc(C)oc2C)CC1. The van der Waals surface area contributed by atoms with Crippen LogP contribution in [0, 0.1) is 13.8 Å². The molecule has 0 saturated heterocycles. The molecule has 0 unspecified atom stereocenters. The molecule has 0 atom stereocenters. The summed E-state index contributed by atoms with van der Waals surface area (Å²) in [4.78, 5) is 20.6. The highest BCUT2D eigenvalue weighted by Gasteiger charge is 2.26. The molecule has 0 spiro atoms. The van der Waals surface area contributed by atoms with Crippen LogP contribution in [0.15, 0.2) is 22.9 Å². The van der Waals surface area contributed by atoms with E-state index in [1.165, 1.54) is 0 Å². The summed E-state index contributed by atoms with van der Waals surface area (Å²) in [5.41, 5.74) is 0.611. The van der Waals surface area contributed by atoms with E-state index in [4.69, 9.17) is 13.9 Å². The molecule has 3 rings (SSSR count). The Kier molecular flexibility index (Phi) is 5.21. The Morgan fingerprint density at radius 1 is 1.16 bits per heavy atom. The predicted octanol–water partition coefficient (Wildman–Crippen LogP) is 2.82. The van der Waals surface area contributed by atoms with Gasteiger partial charge in [-0.2, -0.15) is 0 Å². The number of amides is 1. The number of carbonyl (C=O) groups excluding carboxylic acids is 1. The van der Waals surface area contributed by atoms with Crippen LogP contribution in [-0.2, 0) is 0 Å². The van der Waals surface area contributed by atoms with Crippen LogP contribution in [0.3, 0.4) is 0 Å². The van der Waals surface area contributed by atoms with E-state index in [2.05, 4.69) is 15.3 Å². The number of carbonyl (C=O) groups is 1. The number of aryl methyl sites for hydroxylation is 2. The van der Waals surface area contributed by atoms with Crippen molar-refractivity contribution in [1.29, 1.82) is 0 Å². The van der Waals surface area contributed by atoms with E-state index in [0.29, 0.717) is 23.1 Å². The summed E-state index contributed by atoms with van der Waals surface area (Å²) in [6.45, 7) is 3.65. The minimum Gasteiger partial charge on any atom is -0.477 e. The standard InChI is InChI=1S/C18H23N3O4/c1-11-10-15(12(2)24-11)16(22)21-13-4-6-14(7-5-13)25-18-17(23-3)19-8-9-20-18/h8-10,13-14H,4-7H2,1-3H3,(H,21,22). The Morgan fingerprint density at radius 3 is 2.44 bits per heavy atom. The molecule has 1 aliphatic rings. The van der Waals surface area contributed by atoms with Gasteiger partial charge in [-0.3, -0.25) is 4.79 Å². The fourth-order valence-corrected chi connectivity index (χ4v) is 3.14. The second-order valence-corrected chi connectivity index (χ2v) is 6.26. The van der Waals surface area contributed by atoms with E-state index < -0.39 is 0 Å². The summed E-state index contributed by atoms with van der Waals surface area (Å²) in [7, 11) is 1.54. The Bertz CT molecular complexity index is 736. The summed E-state index contributed by atoms with van der Waals surface area (Å²) in [6.07, 6.45) is 6.60. The molecule has 7 nitrogen and oxygen atoms in total. The van der Waals surface area contributed by atoms with Crippen molar-refractivity contribution in [3.05, 3.63) is 35.5 Å². The number of aromatic nitrogens is 2. The maximum Gasteiger partial charge on any atom is 0.278 e. The van der Waals surface area contributed by atoms with Crippen molar-refractivity contribution in [2.24, 2.45) is 0 Å². The lowest BCUT2D eigenvalue weighted by molar-refractivity contribution is 0.0885. The molecule has 2 aromatic heterocycles. The molecule has 0 radical (unpaired) electrons. The fraction of sp³-hybridized carbons (Fsp3) is 0.500. The third-order valence-electron chi connectivity index (χ3n) is 4.40. The number of hydrogen-bond donors (Lipinski definition) is 1. The molecule has 2 heterocycles. The molecular weight excluding hydrogens is 322 g/mol. The second-order valence-electron chi connectivity index (χ2n) is 6.26. The summed E-state index contributed by atoms with van der Waals surface area (Å²) in [5.74, 6) is 2.14. The van der Waals surface area contributed by atoms with Gasteiger partial charge < -0.3 is 19.2 Å². The highest BCUT2D eigenvalue weighted by atomic mass is 16.5. The quantitative estimate of drug-likeness (QED) is 0.897. The van der Waals surface area contributed by atoms with E-state index in [1.54, 1.807) is 32.5 Å². The van der Waals surface area contributed by atoms with E-state index in [9.17, 15) is 4.79 Å². The molecular formula is C18H23N3O4. The molecule has 1 amide bonds. The molecule has 1 aliphatic carbocycles.